The van der Waals surface area contributed by atoms with Crippen LogP contribution < -0.4 is 21.3 Å². The van der Waals surface area contributed by atoms with Crippen molar-refractivity contribution in [3.05, 3.63) is 53.6 Å². The summed E-state index contributed by atoms with van der Waals surface area (Å²) in [5, 5.41) is 12.0. The molecule has 17 heteroatoms. The van der Waals surface area contributed by atoms with E-state index in [1.165, 1.54) is 34.1 Å². The van der Waals surface area contributed by atoms with Crippen LogP contribution in [-0.2, 0) is 32.1 Å². The molecule has 0 radical (unpaired) electrons. The highest BCUT2D eigenvalue weighted by Crippen LogP contribution is 2.38. The van der Waals surface area contributed by atoms with Gasteiger partial charge >= 0.3 is 0 Å². The zero-order valence-corrected chi connectivity index (χ0v) is 36.2. The quantitative estimate of drug-likeness (QED) is 0.107. The fourth-order valence-corrected chi connectivity index (χ4v) is 8.57. The minimum atomic E-state index is -1.37. The average molecular weight is 854 g/mol. The third-order valence-electron chi connectivity index (χ3n) is 12.2. The Hall–Kier alpha value is -5.03. The molecule has 2 fully saturated rings. The number of carbonyl (C=O) groups is 4. The van der Waals surface area contributed by atoms with Crippen LogP contribution in [0.1, 0.15) is 72.8 Å². The van der Waals surface area contributed by atoms with E-state index in [9.17, 15) is 28.0 Å². The Balaban J connectivity index is 1.42. The zero-order valence-electron chi connectivity index (χ0n) is 36.2. The van der Waals surface area contributed by atoms with Gasteiger partial charge in [0, 0.05) is 42.4 Å². The van der Waals surface area contributed by atoms with Gasteiger partial charge in [0.1, 0.15) is 36.1 Å². The van der Waals surface area contributed by atoms with E-state index < -0.39 is 77.5 Å². The van der Waals surface area contributed by atoms with Crippen molar-refractivity contribution in [3.63, 3.8) is 0 Å². The van der Waals surface area contributed by atoms with E-state index in [-0.39, 0.29) is 62.1 Å². The standard InChI is InChI=1S/C44H59F4N9O4/c1-9-10-33(53-40(58)23(2)49-7)42(60)55-20-27(47)15-29(55)19-32-31-13-11-25(45)17-34(31)51-37(32)39-52-35-18-26(46)12-14-36(35)57(39)22-30-16-28(48)21-56(30)43(61)38(44(4,5)6)54-41(59)24(3)50-8/h11-14,17-18,23-24,27-30,33,38,49-51H,9-10,15-16,19-22H2,1-8H3,(H,53,58)(H,54,59)/t23-,24-,27-,28-,29-,30-,33-,38?/m0/s1. The second-order valence-corrected chi connectivity index (χ2v) is 17.7. The SMILES string of the molecule is CCC[C@H](NC(=O)[C@H](C)NC)C(=O)N1C[C@@H](F)C[C@H]1Cc1c(-c2nc3cc(F)ccc3n2C[C@@H]2C[C@H](F)CN2C(=O)C(NC(=O)[C@H](C)NC)C(C)(C)C)[nH]c2cc(F)ccc12. The molecule has 13 nitrogen and oxygen atoms in total. The highest BCUT2D eigenvalue weighted by molar-refractivity contribution is 5.93. The maximum atomic E-state index is 15.5. The number of halogens is 4. The molecule has 5 N–H and O–H groups in total. The number of nitrogens with one attached hydrogen (secondary N) is 5. The van der Waals surface area contributed by atoms with Crippen LogP contribution in [0, 0.1) is 17.0 Å². The van der Waals surface area contributed by atoms with E-state index >= 15 is 8.78 Å². The number of aromatic amines is 1. The molecule has 6 rings (SSSR count). The van der Waals surface area contributed by atoms with Gasteiger partial charge in [-0.3, -0.25) is 19.2 Å². The monoisotopic (exact) mass is 853 g/mol. The minimum absolute atomic E-state index is 0.00992. The number of aromatic nitrogens is 3. The molecule has 4 aromatic rings. The lowest BCUT2D eigenvalue weighted by molar-refractivity contribution is -0.140. The van der Waals surface area contributed by atoms with Gasteiger partial charge in [-0.15, -0.1) is 0 Å². The van der Waals surface area contributed by atoms with Crippen LogP contribution >= 0.6 is 0 Å². The largest absolute Gasteiger partial charge is 0.352 e. The van der Waals surface area contributed by atoms with Gasteiger partial charge in [-0.2, -0.15) is 0 Å². The Bertz CT molecular complexity index is 2260. The molecule has 2 aromatic heterocycles. The normalized spacial score (nSPS) is 21.5. The molecule has 1 unspecified atom stereocenters. The topological polar surface area (TPSA) is 156 Å². The molecular formula is C44H59F4N9O4. The van der Waals surface area contributed by atoms with E-state index in [1.807, 2.05) is 27.7 Å². The van der Waals surface area contributed by atoms with Crippen LogP contribution in [0.15, 0.2) is 36.4 Å². The van der Waals surface area contributed by atoms with Crippen molar-refractivity contribution >= 4 is 45.6 Å². The number of fused-ring (bicyclic) bond motifs is 2. The third kappa shape index (κ3) is 9.72. The summed E-state index contributed by atoms with van der Waals surface area (Å²) in [5.41, 5.74) is 1.43. The number of hydrogen-bond acceptors (Lipinski definition) is 7. The Morgan fingerprint density at radius 1 is 0.852 bits per heavy atom. The predicted molar refractivity (Wildman–Crippen MR) is 226 cm³/mol. The van der Waals surface area contributed by atoms with Crippen molar-refractivity contribution in [2.24, 2.45) is 5.41 Å². The lowest BCUT2D eigenvalue weighted by Gasteiger charge is -2.36. The molecule has 4 amide bonds. The summed E-state index contributed by atoms with van der Waals surface area (Å²) in [7, 11) is 3.27. The van der Waals surface area contributed by atoms with Gasteiger partial charge < -0.3 is 40.6 Å². The first-order valence-corrected chi connectivity index (χ1v) is 21.2. The first kappa shape index (κ1) is 45.5. The van der Waals surface area contributed by atoms with Gasteiger partial charge in [0.15, 0.2) is 5.82 Å². The average Bonchev–Trinajstić information content (AvgIpc) is 3.97. The molecule has 61 heavy (non-hydrogen) atoms. The van der Waals surface area contributed by atoms with E-state index in [1.54, 1.807) is 44.6 Å². The zero-order chi connectivity index (χ0) is 44.5. The molecule has 332 valence electrons. The second-order valence-electron chi connectivity index (χ2n) is 17.7. The summed E-state index contributed by atoms with van der Waals surface area (Å²) in [6.07, 6.45) is -1.67. The van der Waals surface area contributed by atoms with Crippen molar-refractivity contribution in [1.29, 1.82) is 0 Å². The van der Waals surface area contributed by atoms with Gasteiger partial charge in [0.25, 0.3) is 0 Å². The number of alkyl halides is 2. The maximum absolute atomic E-state index is 15.5. The summed E-state index contributed by atoms with van der Waals surface area (Å²) in [6.45, 7) is 10.3. The molecule has 0 spiro atoms. The summed E-state index contributed by atoms with van der Waals surface area (Å²) in [6, 6.07) is 3.92. The summed E-state index contributed by atoms with van der Waals surface area (Å²) in [4.78, 5) is 65.7. The molecule has 0 aliphatic carbocycles. The summed E-state index contributed by atoms with van der Waals surface area (Å²) in [5.74, 6) is -2.37. The molecule has 2 aromatic carbocycles. The molecular weight excluding hydrogens is 795 g/mol. The van der Waals surface area contributed by atoms with Crippen molar-refractivity contribution < 1.29 is 36.7 Å². The molecule has 2 saturated heterocycles. The molecule has 0 bridgehead atoms. The molecule has 4 heterocycles. The number of amides is 4. The van der Waals surface area contributed by atoms with E-state index in [4.69, 9.17) is 4.98 Å². The maximum Gasteiger partial charge on any atom is 0.246 e. The summed E-state index contributed by atoms with van der Waals surface area (Å²) < 4.78 is 62.5. The van der Waals surface area contributed by atoms with E-state index in [2.05, 4.69) is 26.3 Å². The van der Waals surface area contributed by atoms with Gasteiger partial charge in [-0.1, -0.05) is 34.1 Å². The fourth-order valence-electron chi connectivity index (χ4n) is 8.57. The van der Waals surface area contributed by atoms with Gasteiger partial charge in [-0.05, 0) is 82.1 Å². The van der Waals surface area contributed by atoms with Crippen LogP contribution in [0.4, 0.5) is 17.6 Å². The highest BCUT2D eigenvalue weighted by atomic mass is 19.1. The fraction of sp³-hybridized carbons (Fsp3) is 0.568. The first-order chi connectivity index (χ1) is 28.8. The van der Waals surface area contributed by atoms with Crippen LogP contribution in [0.3, 0.4) is 0 Å². The van der Waals surface area contributed by atoms with Gasteiger partial charge in [0.05, 0.1) is 47.9 Å². The highest BCUT2D eigenvalue weighted by Gasteiger charge is 2.44. The molecule has 8 atom stereocenters. The predicted octanol–water partition coefficient (Wildman–Crippen LogP) is 4.91. The van der Waals surface area contributed by atoms with Crippen molar-refractivity contribution in [3.8, 4) is 11.5 Å². The number of likely N-dealkylation sites (tertiary alicyclic amines) is 2. The minimum Gasteiger partial charge on any atom is -0.352 e. The number of benzene rings is 2. The molecule has 2 aliphatic heterocycles. The number of hydrogen-bond donors (Lipinski definition) is 5. The van der Waals surface area contributed by atoms with Crippen LogP contribution in [-0.4, -0.2) is 124 Å². The number of imidazole rings is 1. The molecule has 0 saturated carbocycles. The Kier molecular flexibility index (Phi) is 13.8. The number of H-pyrrole nitrogens is 1. The van der Waals surface area contributed by atoms with Crippen LogP contribution in [0.5, 0.6) is 0 Å². The second kappa shape index (κ2) is 18.5. The van der Waals surface area contributed by atoms with Gasteiger partial charge in [-0.25, -0.2) is 22.5 Å². The van der Waals surface area contributed by atoms with Crippen molar-refractivity contribution in [2.45, 2.75) is 129 Å². The lowest BCUT2D eigenvalue weighted by atomic mass is 9.85. The Morgan fingerprint density at radius 2 is 1.44 bits per heavy atom. The van der Waals surface area contributed by atoms with Crippen molar-refractivity contribution in [1.82, 2.24) is 45.6 Å². The first-order valence-electron chi connectivity index (χ1n) is 21.2. The number of rotatable bonds is 15. The van der Waals surface area contributed by atoms with E-state index in [0.29, 0.717) is 40.5 Å². The van der Waals surface area contributed by atoms with Crippen LogP contribution in [0.2, 0.25) is 0 Å². The number of likely N-dealkylation sites (N-methyl/N-ethyl adjacent to an activating group) is 2. The lowest BCUT2D eigenvalue weighted by Crippen LogP contribution is -2.58. The Morgan fingerprint density at radius 3 is 2.07 bits per heavy atom. The smallest absolute Gasteiger partial charge is 0.246 e. The van der Waals surface area contributed by atoms with Crippen molar-refractivity contribution in [2.75, 3.05) is 27.2 Å². The third-order valence-corrected chi connectivity index (χ3v) is 12.2. The number of nitrogens with zero attached hydrogens (tertiary/aromatic N) is 4. The number of carbonyl (C=O) groups excluding carboxylic acids is 4. The summed E-state index contributed by atoms with van der Waals surface area (Å²) >= 11 is 0. The van der Waals surface area contributed by atoms with Gasteiger partial charge in [0.2, 0.25) is 23.6 Å². The van der Waals surface area contributed by atoms with Crippen LogP contribution in [0.25, 0.3) is 33.5 Å². The molecule has 2 aliphatic rings. The van der Waals surface area contributed by atoms with E-state index in [0.717, 1.165) is 0 Å². The Labute approximate surface area is 353 Å².